The van der Waals surface area contributed by atoms with Crippen LogP contribution in [0.15, 0.2) is 89.0 Å². The van der Waals surface area contributed by atoms with Crippen LogP contribution in [0.2, 0.25) is 0 Å². The number of allylic oxidation sites excluding steroid dienone is 1. The van der Waals surface area contributed by atoms with Crippen molar-refractivity contribution in [2.24, 2.45) is 0 Å². The lowest BCUT2D eigenvalue weighted by Gasteiger charge is -2.21. The number of aromatic nitrogens is 4. The molecule has 1 aliphatic heterocycles. The average Bonchev–Trinajstić information content (AvgIpc) is 3.53. The van der Waals surface area contributed by atoms with Gasteiger partial charge in [0.2, 0.25) is 0 Å². The van der Waals surface area contributed by atoms with E-state index in [4.69, 9.17) is 5.73 Å². The minimum atomic E-state index is -0.565. The highest BCUT2D eigenvalue weighted by atomic mass is 32.2. The fourth-order valence-electron chi connectivity index (χ4n) is 4.76. The molecule has 2 aromatic carbocycles. The number of nitrogen functional groups attached to an aromatic ring is 1. The van der Waals surface area contributed by atoms with Gasteiger partial charge in [0.1, 0.15) is 5.56 Å². The zero-order valence-corrected chi connectivity index (χ0v) is 22.6. The molecule has 0 spiro atoms. The molecular formula is C30H25N7O2S. The third-order valence-electron chi connectivity index (χ3n) is 6.60. The summed E-state index contributed by atoms with van der Waals surface area (Å²) in [7, 11) is 0. The van der Waals surface area contributed by atoms with Crippen LogP contribution in [0, 0.1) is 11.8 Å². The number of hydrogen-bond acceptors (Lipinski definition) is 7. The van der Waals surface area contributed by atoms with Crippen molar-refractivity contribution in [2.45, 2.75) is 25.3 Å². The SMILES string of the molecule is CC1NC=C(C#Cc2cccc3cc(C(C)NC(=O)c4c(N)nn5cccnc45)n(-c4ccccc4)c(=O)c23)S1. The molecule has 40 heavy (non-hydrogen) atoms. The summed E-state index contributed by atoms with van der Waals surface area (Å²) in [5.41, 5.74) is 8.32. The molecule has 2 atom stereocenters. The normalized spacial score (nSPS) is 15.2. The highest BCUT2D eigenvalue weighted by Gasteiger charge is 2.24. The molecule has 4 N–H and O–H groups in total. The number of para-hydroxylation sites is 1. The zero-order chi connectivity index (χ0) is 27.8. The molecular weight excluding hydrogens is 522 g/mol. The predicted molar refractivity (Wildman–Crippen MR) is 158 cm³/mol. The summed E-state index contributed by atoms with van der Waals surface area (Å²) in [6.45, 7) is 3.89. The van der Waals surface area contributed by atoms with Crippen LogP contribution in [0.25, 0.3) is 22.1 Å². The molecule has 4 heterocycles. The Hall–Kier alpha value is -5.01. The fraction of sp³-hybridized carbons (Fsp3) is 0.133. The number of thioether (sulfide) groups is 1. The van der Waals surface area contributed by atoms with Gasteiger partial charge in [-0.2, -0.15) is 0 Å². The molecule has 5 aromatic rings. The van der Waals surface area contributed by atoms with E-state index in [2.05, 4.69) is 39.5 Å². The highest BCUT2D eigenvalue weighted by Crippen LogP contribution is 2.26. The maximum absolute atomic E-state index is 14.2. The molecule has 0 saturated carbocycles. The third-order valence-corrected chi connectivity index (χ3v) is 7.57. The van der Waals surface area contributed by atoms with Gasteiger partial charge in [0.15, 0.2) is 11.5 Å². The summed E-state index contributed by atoms with van der Waals surface area (Å²) in [4.78, 5) is 32.8. The molecule has 2 unspecified atom stereocenters. The first kappa shape index (κ1) is 25.3. The van der Waals surface area contributed by atoms with Crippen molar-refractivity contribution in [3.05, 3.63) is 111 Å². The van der Waals surface area contributed by atoms with Crippen molar-refractivity contribution in [3.8, 4) is 17.5 Å². The molecule has 0 radical (unpaired) electrons. The smallest absolute Gasteiger partial charge is 0.264 e. The number of anilines is 1. The molecule has 10 heteroatoms. The molecule has 6 rings (SSSR count). The van der Waals surface area contributed by atoms with Crippen LogP contribution >= 0.6 is 11.8 Å². The maximum atomic E-state index is 14.2. The van der Waals surface area contributed by atoms with E-state index in [1.165, 1.54) is 4.52 Å². The van der Waals surface area contributed by atoms with Crippen LogP contribution in [-0.4, -0.2) is 30.4 Å². The first-order chi connectivity index (χ1) is 19.4. The van der Waals surface area contributed by atoms with Gasteiger partial charge in [0.25, 0.3) is 11.5 Å². The van der Waals surface area contributed by atoms with E-state index in [-0.39, 0.29) is 22.3 Å². The van der Waals surface area contributed by atoms with Crippen LogP contribution in [0.5, 0.6) is 0 Å². The van der Waals surface area contributed by atoms with E-state index in [1.807, 2.05) is 67.7 Å². The topological polar surface area (TPSA) is 119 Å². The van der Waals surface area contributed by atoms with E-state index in [0.717, 1.165) is 10.3 Å². The Morgan fingerprint density at radius 1 is 1.15 bits per heavy atom. The monoisotopic (exact) mass is 547 g/mol. The fourth-order valence-corrected chi connectivity index (χ4v) is 5.52. The minimum absolute atomic E-state index is 0.0747. The van der Waals surface area contributed by atoms with Crippen LogP contribution in [0.4, 0.5) is 5.82 Å². The lowest BCUT2D eigenvalue weighted by atomic mass is 10.0. The number of carbonyl (C=O) groups excluding carboxylic acids is 1. The predicted octanol–water partition coefficient (Wildman–Crippen LogP) is 3.98. The molecule has 0 saturated heterocycles. The molecule has 198 valence electrons. The van der Waals surface area contributed by atoms with Gasteiger partial charge in [-0.3, -0.25) is 14.2 Å². The Kier molecular flexibility index (Phi) is 6.50. The van der Waals surface area contributed by atoms with Crippen molar-refractivity contribution in [3.63, 3.8) is 0 Å². The van der Waals surface area contributed by atoms with Crippen molar-refractivity contribution >= 4 is 39.9 Å². The Morgan fingerprint density at radius 2 is 1.98 bits per heavy atom. The van der Waals surface area contributed by atoms with Crippen molar-refractivity contribution in [2.75, 3.05) is 5.73 Å². The minimum Gasteiger partial charge on any atom is -0.381 e. The van der Waals surface area contributed by atoms with E-state index in [9.17, 15) is 9.59 Å². The number of amides is 1. The maximum Gasteiger partial charge on any atom is 0.264 e. The van der Waals surface area contributed by atoms with Gasteiger partial charge < -0.3 is 16.4 Å². The zero-order valence-electron chi connectivity index (χ0n) is 21.8. The summed E-state index contributed by atoms with van der Waals surface area (Å²) >= 11 is 1.64. The standard InChI is InChI=1S/C30H25N7O2S/c1-18(34-29(38)26-27(31)35-36-15-7-14-32-28(26)36)24-16-21-9-6-8-20(12-13-23-17-33-19(2)40-23)25(21)30(39)37(24)22-10-4-3-5-11-22/h3-11,14-19,33H,1-2H3,(H2,31,35)(H,34,38). The first-order valence-corrected chi connectivity index (χ1v) is 13.6. The molecule has 0 bridgehead atoms. The quantitative estimate of drug-likeness (QED) is 0.291. The number of rotatable bonds is 4. The average molecular weight is 548 g/mol. The third kappa shape index (κ3) is 4.57. The Morgan fingerprint density at radius 3 is 2.75 bits per heavy atom. The van der Waals surface area contributed by atoms with Gasteiger partial charge in [-0.1, -0.05) is 53.9 Å². The van der Waals surface area contributed by atoms with Crippen LogP contribution < -0.4 is 21.9 Å². The van der Waals surface area contributed by atoms with Crippen LogP contribution in [0.3, 0.4) is 0 Å². The number of pyridine rings is 1. The van der Waals surface area contributed by atoms with Gasteiger partial charge in [-0.05, 0) is 49.6 Å². The second-order valence-electron chi connectivity index (χ2n) is 9.34. The summed E-state index contributed by atoms with van der Waals surface area (Å²) < 4.78 is 3.09. The van der Waals surface area contributed by atoms with Gasteiger partial charge in [-0.25, -0.2) is 9.50 Å². The number of nitrogens with two attached hydrogens (primary N) is 1. The van der Waals surface area contributed by atoms with Gasteiger partial charge in [-0.15, -0.1) is 5.10 Å². The summed E-state index contributed by atoms with van der Waals surface area (Å²) in [6.07, 6.45) is 5.14. The molecule has 9 nitrogen and oxygen atoms in total. The second-order valence-corrected chi connectivity index (χ2v) is 10.7. The van der Waals surface area contributed by atoms with E-state index < -0.39 is 11.9 Å². The highest BCUT2D eigenvalue weighted by molar-refractivity contribution is 8.04. The number of hydrogen-bond donors (Lipinski definition) is 3. The molecule has 0 aliphatic carbocycles. The molecule has 1 aliphatic rings. The molecule has 1 amide bonds. The van der Waals surface area contributed by atoms with Crippen LogP contribution in [0.1, 0.15) is 41.5 Å². The van der Waals surface area contributed by atoms with Gasteiger partial charge >= 0.3 is 0 Å². The summed E-state index contributed by atoms with van der Waals surface area (Å²) in [6, 6.07) is 18.0. The number of benzene rings is 2. The lowest BCUT2D eigenvalue weighted by molar-refractivity contribution is 0.0941. The van der Waals surface area contributed by atoms with Crippen molar-refractivity contribution in [1.82, 2.24) is 29.8 Å². The van der Waals surface area contributed by atoms with E-state index in [0.29, 0.717) is 28.0 Å². The number of nitrogens with one attached hydrogen (secondary N) is 2. The molecule has 3 aromatic heterocycles. The van der Waals surface area contributed by atoms with E-state index >= 15 is 0 Å². The van der Waals surface area contributed by atoms with Crippen molar-refractivity contribution < 1.29 is 4.79 Å². The van der Waals surface area contributed by atoms with Crippen LogP contribution in [-0.2, 0) is 0 Å². The summed E-state index contributed by atoms with van der Waals surface area (Å²) in [5.74, 6) is 6.03. The largest absolute Gasteiger partial charge is 0.381 e. The number of carbonyl (C=O) groups is 1. The second kappa shape index (κ2) is 10.3. The summed E-state index contributed by atoms with van der Waals surface area (Å²) in [5, 5.41) is 11.9. The van der Waals surface area contributed by atoms with Crippen molar-refractivity contribution in [1.29, 1.82) is 0 Å². The Bertz CT molecular complexity index is 1930. The van der Waals surface area contributed by atoms with Gasteiger partial charge in [0, 0.05) is 35.5 Å². The number of fused-ring (bicyclic) bond motifs is 2. The Balaban J connectivity index is 1.46. The van der Waals surface area contributed by atoms with Gasteiger partial charge in [0.05, 0.1) is 21.7 Å². The lowest BCUT2D eigenvalue weighted by Crippen LogP contribution is -2.32. The van der Waals surface area contributed by atoms with E-state index in [1.54, 1.807) is 34.8 Å². The Labute approximate surface area is 234 Å². The molecule has 0 fully saturated rings. The number of nitrogens with zero attached hydrogens (tertiary/aromatic N) is 4. The first-order valence-electron chi connectivity index (χ1n) is 12.7.